The number of allylic oxidation sites excluding steroid dienone is 1. The Morgan fingerprint density at radius 3 is 2.63 bits per heavy atom. The zero-order valence-corrected chi connectivity index (χ0v) is 11.8. The summed E-state index contributed by atoms with van der Waals surface area (Å²) in [5, 5.41) is 12.2. The van der Waals surface area contributed by atoms with Crippen LogP contribution in [0.25, 0.3) is 0 Å². The van der Waals surface area contributed by atoms with Crippen LogP contribution in [0.4, 0.5) is 4.79 Å². The maximum Gasteiger partial charge on any atom is 0.317 e. The molecule has 2 rings (SSSR count). The van der Waals surface area contributed by atoms with Crippen molar-refractivity contribution in [1.82, 2.24) is 10.2 Å². The molecular formula is C15H26N2O2. The number of aliphatic hydroxyl groups excluding tert-OH is 1. The van der Waals surface area contributed by atoms with Crippen LogP contribution in [-0.2, 0) is 0 Å². The molecule has 1 saturated carbocycles. The standard InChI is InChI=1S/C15H26N2O2/c1-17(14-9-7-12(11-18)8-10-14)15(19)16-13-5-3-2-4-6-13/h3,5,12-14,18H,2,4,6-11H2,1H3,(H,16,19). The van der Waals surface area contributed by atoms with Crippen molar-refractivity contribution < 1.29 is 9.90 Å². The molecule has 0 aliphatic heterocycles. The van der Waals surface area contributed by atoms with Crippen molar-refractivity contribution in [3.8, 4) is 0 Å². The summed E-state index contributed by atoms with van der Waals surface area (Å²) >= 11 is 0. The predicted molar refractivity (Wildman–Crippen MR) is 75.9 cm³/mol. The second-order valence-corrected chi connectivity index (χ2v) is 5.88. The van der Waals surface area contributed by atoms with E-state index in [-0.39, 0.29) is 18.7 Å². The molecule has 0 bridgehead atoms. The SMILES string of the molecule is CN(C(=O)NC1C=CCCC1)C1CCC(CO)CC1. The van der Waals surface area contributed by atoms with Crippen molar-refractivity contribution in [3.05, 3.63) is 12.2 Å². The van der Waals surface area contributed by atoms with E-state index in [0.717, 1.165) is 44.9 Å². The van der Waals surface area contributed by atoms with Gasteiger partial charge in [-0.2, -0.15) is 0 Å². The molecule has 0 spiro atoms. The first kappa shape index (κ1) is 14.4. The van der Waals surface area contributed by atoms with Crippen molar-refractivity contribution >= 4 is 6.03 Å². The minimum atomic E-state index is 0.0454. The van der Waals surface area contributed by atoms with Gasteiger partial charge in [0, 0.05) is 25.7 Å². The second-order valence-electron chi connectivity index (χ2n) is 5.88. The molecule has 2 amide bonds. The van der Waals surface area contributed by atoms with E-state index in [1.54, 1.807) is 0 Å². The Bertz CT molecular complexity index is 322. The first-order valence-electron chi connectivity index (χ1n) is 7.51. The molecule has 1 atom stereocenters. The highest BCUT2D eigenvalue weighted by atomic mass is 16.3. The fourth-order valence-corrected chi connectivity index (χ4v) is 3.07. The van der Waals surface area contributed by atoms with Crippen LogP contribution < -0.4 is 5.32 Å². The van der Waals surface area contributed by atoms with Gasteiger partial charge in [-0.05, 0) is 50.9 Å². The number of hydrogen-bond donors (Lipinski definition) is 2. The monoisotopic (exact) mass is 266 g/mol. The molecule has 2 aliphatic carbocycles. The van der Waals surface area contributed by atoms with Crippen LogP contribution in [-0.4, -0.2) is 41.8 Å². The molecule has 4 nitrogen and oxygen atoms in total. The van der Waals surface area contributed by atoms with Gasteiger partial charge in [-0.25, -0.2) is 4.79 Å². The third kappa shape index (κ3) is 3.96. The molecule has 0 saturated heterocycles. The maximum absolute atomic E-state index is 12.2. The number of carbonyl (C=O) groups is 1. The first-order valence-corrected chi connectivity index (χ1v) is 7.51. The molecule has 19 heavy (non-hydrogen) atoms. The van der Waals surface area contributed by atoms with Gasteiger partial charge < -0.3 is 15.3 Å². The quantitative estimate of drug-likeness (QED) is 0.770. The van der Waals surface area contributed by atoms with E-state index in [0.29, 0.717) is 12.0 Å². The Morgan fingerprint density at radius 2 is 2.05 bits per heavy atom. The normalized spacial score (nSPS) is 30.9. The third-order valence-electron chi connectivity index (χ3n) is 4.51. The average Bonchev–Trinajstić information content (AvgIpc) is 2.47. The van der Waals surface area contributed by atoms with Gasteiger partial charge in [-0.15, -0.1) is 0 Å². The van der Waals surface area contributed by atoms with E-state index in [9.17, 15) is 4.79 Å². The molecule has 0 radical (unpaired) electrons. The van der Waals surface area contributed by atoms with Crippen molar-refractivity contribution in [2.45, 2.75) is 57.0 Å². The van der Waals surface area contributed by atoms with Gasteiger partial charge in [0.1, 0.15) is 0 Å². The minimum absolute atomic E-state index is 0.0454. The summed E-state index contributed by atoms with van der Waals surface area (Å²) in [6.07, 6.45) is 11.7. The van der Waals surface area contributed by atoms with Crippen LogP contribution in [0.15, 0.2) is 12.2 Å². The van der Waals surface area contributed by atoms with E-state index < -0.39 is 0 Å². The summed E-state index contributed by atoms with van der Waals surface area (Å²) in [5.74, 6) is 0.439. The lowest BCUT2D eigenvalue weighted by molar-refractivity contribution is 0.133. The molecule has 0 aromatic carbocycles. The molecule has 0 heterocycles. The highest BCUT2D eigenvalue weighted by Crippen LogP contribution is 2.26. The van der Waals surface area contributed by atoms with E-state index in [4.69, 9.17) is 5.11 Å². The highest BCUT2D eigenvalue weighted by molar-refractivity contribution is 5.74. The van der Waals surface area contributed by atoms with Crippen molar-refractivity contribution in [2.75, 3.05) is 13.7 Å². The lowest BCUT2D eigenvalue weighted by Gasteiger charge is -2.35. The lowest BCUT2D eigenvalue weighted by Crippen LogP contribution is -2.48. The average molecular weight is 266 g/mol. The molecular weight excluding hydrogens is 240 g/mol. The van der Waals surface area contributed by atoms with Crippen LogP contribution in [0.3, 0.4) is 0 Å². The Balaban J connectivity index is 1.78. The number of urea groups is 1. The van der Waals surface area contributed by atoms with E-state index in [1.807, 2.05) is 11.9 Å². The van der Waals surface area contributed by atoms with Gasteiger partial charge in [0.2, 0.25) is 0 Å². The Labute approximate surface area is 115 Å². The van der Waals surface area contributed by atoms with Crippen LogP contribution >= 0.6 is 0 Å². The lowest BCUT2D eigenvalue weighted by atomic mass is 9.86. The van der Waals surface area contributed by atoms with Crippen LogP contribution in [0.1, 0.15) is 44.9 Å². The molecule has 4 heteroatoms. The first-order chi connectivity index (χ1) is 9.20. The molecule has 2 aliphatic rings. The maximum atomic E-state index is 12.2. The highest BCUT2D eigenvalue weighted by Gasteiger charge is 2.26. The number of amides is 2. The third-order valence-corrected chi connectivity index (χ3v) is 4.51. The van der Waals surface area contributed by atoms with E-state index >= 15 is 0 Å². The summed E-state index contributed by atoms with van der Waals surface area (Å²) in [4.78, 5) is 14.1. The van der Waals surface area contributed by atoms with Gasteiger partial charge >= 0.3 is 6.03 Å². The van der Waals surface area contributed by atoms with Gasteiger partial charge in [0.15, 0.2) is 0 Å². The van der Waals surface area contributed by atoms with Crippen LogP contribution in [0.5, 0.6) is 0 Å². The Morgan fingerprint density at radius 1 is 1.32 bits per heavy atom. The number of carbonyl (C=O) groups excluding carboxylic acids is 1. The van der Waals surface area contributed by atoms with Crippen molar-refractivity contribution in [3.63, 3.8) is 0 Å². The second kappa shape index (κ2) is 6.94. The largest absolute Gasteiger partial charge is 0.396 e. The molecule has 1 unspecified atom stereocenters. The number of aliphatic hydroxyl groups is 1. The van der Waals surface area contributed by atoms with E-state index in [1.165, 1.54) is 0 Å². The van der Waals surface area contributed by atoms with Gasteiger partial charge in [-0.3, -0.25) is 0 Å². The Hall–Kier alpha value is -1.03. The Kier molecular flexibility index (Phi) is 5.25. The van der Waals surface area contributed by atoms with Crippen molar-refractivity contribution in [2.24, 2.45) is 5.92 Å². The molecule has 1 fully saturated rings. The topological polar surface area (TPSA) is 52.6 Å². The predicted octanol–water partition coefficient (Wildman–Crippen LogP) is 2.29. The summed E-state index contributed by atoms with van der Waals surface area (Å²) in [7, 11) is 1.89. The van der Waals surface area contributed by atoms with Crippen LogP contribution in [0.2, 0.25) is 0 Å². The fraction of sp³-hybridized carbons (Fsp3) is 0.800. The summed E-state index contributed by atoms with van der Waals surface area (Å²) in [5.41, 5.74) is 0. The molecule has 108 valence electrons. The van der Waals surface area contributed by atoms with Gasteiger partial charge in [-0.1, -0.05) is 12.2 Å². The summed E-state index contributed by atoms with van der Waals surface area (Å²) in [6, 6.07) is 0.580. The summed E-state index contributed by atoms with van der Waals surface area (Å²) in [6.45, 7) is 0.287. The van der Waals surface area contributed by atoms with Crippen LogP contribution in [0, 0.1) is 5.92 Å². The number of nitrogens with zero attached hydrogens (tertiary/aromatic N) is 1. The van der Waals surface area contributed by atoms with Crippen molar-refractivity contribution in [1.29, 1.82) is 0 Å². The molecule has 2 N–H and O–H groups in total. The smallest absolute Gasteiger partial charge is 0.317 e. The van der Waals surface area contributed by atoms with E-state index in [2.05, 4.69) is 17.5 Å². The number of nitrogens with one attached hydrogen (secondary N) is 1. The number of rotatable bonds is 3. The zero-order valence-electron chi connectivity index (χ0n) is 11.8. The zero-order chi connectivity index (χ0) is 13.7. The fourth-order valence-electron chi connectivity index (χ4n) is 3.07. The molecule has 0 aromatic rings. The molecule has 0 aromatic heterocycles. The van der Waals surface area contributed by atoms with Gasteiger partial charge in [0.05, 0.1) is 0 Å². The van der Waals surface area contributed by atoms with Gasteiger partial charge in [0.25, 0.3) is 0 Å². The number of hydrogen-bond acceptors (Lipinski definition) is 2. The summed E-state index contributed by atoms with van der Waals surface area (Å²) < 4.78 is 0. The minimum Gasteiger partial charge on any atom is -0.396 e.